The molecule has 0 aliphatic heterocycles. The predicted octanol–water partition coefficient (Wildman–Crippen LogP) is 3.96. The number of nitrogens with zero attached hydrogens (tertiary/aromatic N) is 2. The Morgan fingerprint density at radius 3 is 2.80 bits per heavy atom. The molecule has 1 aliphatic rings. The second kappa shape index (κ2) is 5.20. The van der Waals surface area contributed by atoms with Gasteiger partial charge in [0.05, 0.1) is 5.39 Å². The number of nitrogen functional groups attached to an aromatic ring is 1. The van der Waals surface area contributed by atoms with Crippen LogP contribution in [0.1, 0.15) is 43.9 Å². The van der Waals surface area contributed by atoms with E-state index in [0.29, 0.717) is 11.4 Å². The zero-order chi connectivity index (χ0) is 14.2. The average molecular weight is 290 g/mol. The first-order valence-electron chi connectivity index (χ1n) is 7.33. The molecule has 1 fully saturated rings. The quantitative estimate of drug-likeness (QED) is 0.898. The topological polar surface area (TPSA) is 63.8 Å². The van der Waals surface area contributed by atoms with E-state index in [1.54, 1.807) is 11.3 Å². The van der Waals surface area contributed by atoms with Crippen LogP contribution in [0.5, 0.6) is 0 Å². The molecule has 2 aromatic rings. The van der Waals surface area contributed by atoms with E-state index in [-0.39, 0.29) is 0 Å². The summed E-state index contributed by atoms with van der Waals surface area (Å²) in [6.45, 7) is 5.43. The summed E-state index contributed by atoms with van der Waals surface area (Å²) in [7, 11) is 0. The summed E-state index contributed by atoms with van der Waals surface area (Å²) < 4.78 is 0. The van der Waals surface area contributed by atoms with Crippen molar-refractivity contribution in [2.24, 2.45) is 5.41 Å². The number of aryl methyl sites for hydroxylation is 1. The van der Waals surface area contributed by atoms with E-state index in [1.807, 2.05) is 0 Å². The highest BCUT2D eigenvalue weighted by Gasteiger charge is 2.26. The molecule has 0 bridgehead atoms. The molecule has 3 rings (SSSR count). The van der Waals surface area contributed by atoms with E-state index in [9.17, 15) is 0 Å². The summed E-state index contributed by atoms with van der Waals surface area (Å²) >= 11 is 1.67. The Balaban J connectivity index is 1.83. The minimum atomic E-state index is 0.357. The third-order valence-electron chi connectivity index (χ3n) is 4.28. The first-order valence-corrected chi connectivity index (χ1v) is 8.15. The van der Waals surface area contributed by atoms with Crippen LogP contribution in [0.25, 0.3) is 10.2 Å². The minimum Gasteiger partial charge on any atom is -0.369 e. The molecule has 0 unspecified atom stereocenters. The van der Waals surface area contributed by atoms with Gasteiger partial charge in [-0.05, 0) is 31.2 Å². The summed E-state index contributed by atoms with van der Waals surface area (Å²) in [6, 6.07) is 2.14. The van der Waals surface area contributed by atoms with Gasteiger partial charge in [0.1, 0.15) is 10.6 Å². The van der Waals surface area contributed by atoms with Crippen LogP contribution in [0.4, 0.5) is 11.8 Å². The minimum absolute atomic E-state index is 0.357. The Morgan fingerprint density at radius 2 is 2.05 bits per heavy atom. The van der Waals surface area contributed by atoms with Gasteiger partial charge in [0.25, 0.3) is 0 Å². The van der Waals surface area contributed by atoms with E-state index in [4.69, 9.17) is 5.73 Å². The van der Waals surface area contributed by atoms with Gasteiger partial charge < -0.3 is 11.1 Å². The number of rotatable bonds is 3. The van der Waals surface area contributed by atoms with Crippen LogP contribution >= 0.6 is 11.3 Å². The molecule has 2 aromatic heterocycles. The van der Waals surface area contributed by atoms with E-state index in [1.165, 1.54) is 37.0 Å². The van der Waals surface area contributed by atoms with Crippen LogP contribution in [0, 0.1) is 12.3 Å². The smallest absolute Gasteiger partial charge is 0.223 e. The van der Waals surface area contributed by atoms with E-state index in [0.717, 1.165) is 22.6 Å². The Hall–Kier alpha value is -1.36. The fourth-order valence-corrected chi connectivity index (χ4v) is 3.96. The highest BCUT2D eigenvalue weighted by atomic mass is 32.1. The standard InChI is InChI=1S/C15H22N4S/c1-10-8-11-12(18-14(16)19-13(11)20-10)17-9-15(2)6-4-3-5-7-15/h8H,3-7,9H2,1-2H3,(H3,16,17,18,19). The molecule has 108 valence electrons. The number of thiophene rings is 1. The molecule has 1 saturated carbocycles. The molecule has 4 nitrogen and oxygen atoms in total. The Labute approximate surface area is 123 Å². The zero-order valence-electron chi connectivity index (χ0n) is 12.2. The maximum Gasteiger partial charge on any atom is 0.223 e. The van der Waals surface area contributed by atoms with Crippen LogP contribution in [-0.2, 0) is 0 Å². The Kier molecular flexibility index (Phi) is 3.54. The van der Waals surface area contributed by atoms with Gasteiger partial charge in [-0.25, -0.2) is 4.98 Å². The van der Waals surface area contributed by atoms with E-state index in [2.05, 4.69) is 35.2 Å². The molecular formula is C15H22N4S. The maximum atomic E-state index is 5.82. The van der Waals surface area contributed by atoms with Crippen molar-refractivity contribution in [2.45, 2.75) is 46.0 Å². The van der Waals surface area contributed by atoms with Crippen molar-refractivity contribution in [3.63, 3.8) is 0 Å². The monoisotopic (exact) mass is 290 g/mol. The highest BCUT2D eigenvalue weighted by molar-refractivity contribution is 7.18. The number of nitrogens with one attached hydrogen (secondary N) is 1. The number of fused-ring (bicyclic) bond motifs is 1. The fraction of sp³-hybridized carbons (Fsp3) is 0.600. The normalized spacial score (nSPS) is 18.3. The molecule has 5 heteroatoms. The van der Waals surface area contributed by atoms with Crippen molar-refractivity contribution in [3.8, 4) is 0 Å². The summed E-state index contributed by atoms with van der Waals surface area (Å²) in [5.74, 6) is 1.25. The third kappa shape index (κ3) is 2.73. The van der Waals surface area contributed by atoms with Gasteiger partial charge >= 0.3 is 0 Å². The molecular weight excluding hydrogens is 268 g/mol. The van der Waals surface area contributed by atoms with E-state index < -0.39 is 0 Å². The Morgan fingerprint density at radius 1 is 1.30 bits per heavy atom. The molecule has 0 aromatic carbocycles. The Bertz CT molecular complexity index is 614. The van der Waals surface area contributed by atoms with Crippen molar-refractivity contribution >= 4 is 33.3 Å². The van der Waals surface area contributed by atoms with Crippen molar-refractivity contribution in [1.29, 1.82) is 0 Å². The molecule has 0 atom stereocenters. The lowest BCUT2D eigenvalue weighted by atomic mass is 9.76. The lowest BCUT2D eigenvalue weighted by Crippen LogP contribution is -2.29. The van der Waals surface area contributed by atoms with Gasteiger partial charge in [-0.15, -0.1) is 11.3 Å². The van der Waals surface area contributed by atoms with Gasteiger partial charge in [-0.2, -0.15) is 4.98 Å². The van der Waals surface area contributed by atoms with Gasteiger partial charge in [-0.3, -0.25) is 0 Å². The third-order valence-corrected chi connectivity index (χ3v) is 5.22. The van der Waals surface area contributed by atoms with Crippen LogP contribution < -0.4 is 11.1 Å². The summed E-state index contributed by atoms with van der Waals surface area (Å²) in [6.07, 6.45) is 6.66. The number of hydrogen-bond acceptors (Lipinski definition) is 5. The molecule has 20 heavy (non-hydrogen) atoms. The van der Waals surface area contributed by atoms with Gasteiger partial charge in [0.15, 0.2) is 0 Å². The second-order valence-corrected chi connectivity index (χ2v) is 7.47. The van der Waals surface area contributed by atoms with Crippen molar-refractivity contribution in [2.75, 3.05) is 17.6 Å². The van der Waals surface area contributed by atoms with Gasteiger partial charge in [-0.1, -0.05) is 26.2 Å². The van der Waals surface area contributed by atoms with Gasteiger partial charge in [0, 0.05) is 11.4 Å². The lowest BCUT2D eigenvalue weighted by Gasteiger charge is -2.33. The van der Waals surface area contributed by atoms with Crippen molar-refractivity contribution < 1.29 is 0 Å². The number of hydrogen-bond donors (Lipinski definition) is 2. The number of anilines is 2. The second-order valence-electron chi connectivity index (χ2n) is 6.23. The molecule has 0 amide bonds. The molecule has 0 spiro atoms. The number of aromatic nitrogens is 2. The molecule has 0 radical (unpaired) electrons. The first kappa shape index (κ1) is 13.6. The largest absolute Gasteiger partial charge is 0.369 e. The zero-order valence-corrected chi connectivity index (χ0v) is 13.0. The van der Waals surface area contributed by atoms with Crippen molar-refractivity contribution in [3.05, 3.63) is 10.9 Å². The number of nitrogens with two attached hydrogens (primary N) is 1. The highest BCUT2D eigenvalue weighted by Crippen LogP contribution is 2.36. The van der Waals surface area contributed by atoms with Crippen LogP contribution in [0.3, 0.4) is 0 Å². The summed E-state index contributed by atoms with van der Waals surface area (Å²) in [5, 5.41) is 4.63. The molecule has 0 saturated heterocycles. The van der Waals surface area contributed by atoms with Crippen LogP contribution in [0.15, 0.2) is 6.07 Å². The first-order chi connectivity index (χ1) is 9.56. The van der Waals surface area contributed by atoms with Crippen LogP contribution in [-0.4, -0.2) is 16.5 Å². The molecule has 1 aliphatic carbocycles. The summed E-state index contributed by atoms with van der Waals surface area (Å²) in [4.78, 5) is 10.9. The lowest BCUT2D eigenvalue weighted by molar-refractivity contribution is 0.233. The maximum absolute atomic E-state index is 5.82. The molecule has 2 heterocycles. The van der Waals surface area contributed by atoms with Crippen molar-refractivity contribution in [1.82, 2.24) is 9.97 Å². The SMILES string of the molecule is Cc1cc2c(NCC3(C)CCCCC3)nc(N)nc2s1. The molecule has 3 N–H and O–H groups in total. The fourth-order valence-electron chi connectivity index (χ4n) is 3.07. The van der Waals surface area contributed by atoms with Crippen LogP contribution in [0.2, 0.25) is 0 Å². The summed E-state index contributed by atoms with van der Waals surface area (Å²) in [5.41, 5.74) is 6.20. The average Bonchev–Trinajstić information content (AvgIpc) is 2.77. The van der Waals surface area contributed by atoms with Gasteiger partial charge in [0.2, 0.25) is 5.95 Å². The van der Waals surface area contributed by atoms with E-state index >= 15 is 0 Å². The predicted molar refractivity (Wildman–Crippen MR) is 86.2 cm³/mol.